The summed E-state index contributed by atoms with van der Waals surface area (Å²) in [5.41, 5.74) is -0.0973. The second-order valence-electron chi connectivity index (χ2n) is 4.18. The molecule has 1 N–H and O–H groups in total. The van der Waals surface area contributed by atoms with E-state index in [-0.39, 0.29) is 22.7 Å². The van der Waals surface area contributed by atoms with E-state index in [4.69, 9.17) is 12.2 Å². The number of hydrogen-bond acceptors (Lipinski definition) is 3. The molecular weight excluding hydrogens is 241 g/mol. The first kappa shape index (κ1) is 11.9. The highest BCUT2D eigenvalue weighted by atomic mass is 32.1. The largest absolute Gasteiger partial charge is 0.320 e. The van der Waals surface area contributed by atoms with Crippen LogP contribution in [0.1, 0.15) is 25.5 Å². The number of rotatable bonds is 1. The van der Waals surface area contributed by atoms with Crippen molar-refractivity contribution >= 4 is 23.3 Å². The smallest absolute Gasteiger partial charge is 0.201 e. The number of pyridine rings is 1. The van der Waals surface area contributed by atoms with Crippen molar-refractivity contribution in [3.8, 4) is 0 Å². The predicted octanol–water partition coefficient (Wildman–Crippen LogP) is 2.48. The van der Waals surface area contributed by atoms with Gasteiger partial charge in [0.05, 0.1) is 10.9 Å². The van der Waals surface area contributed by atoms with Gasteiger partial charge in [0.2, 0.25) is 4.77 Å². The average molecular weight is 253 g/mol. The first-order chi connectivity index (χ1) is 7.91. The minimum atomic E-state index is -0.660. The highest BCUT2D eigenvalue weighted by molar-refractivity contribution is 7.71. The van der Waals surface area contributed by atoms with Crippen LogP contribution < -0.4 is 5.43 Å². The van der Waals surface area contributed by atoms with Crippen LogP contribution in [0.3, 0.4) is 0 Å². The molecule has 0 spiro atoms. The molecule has 0 atom stereocenters. The van der Waals surface area contributed by atoms with Crippen LogP contribution in [0.25, 0.3) is 11.0 Å². The monoisotopic (exact) mass is 253 g/mol. The molecule has 2 aromatic heterocycles. The van der Waals surface area contributed by atoms with Gasteiger partial charge in [-0.05, 0) is 33.0 Å². The molecule has 0 amide bonds. The molecule has 2 rings (SSSR count). The summed E-state index contributed by atoms with van der Waals surface area (Å²) < 4.78 is 15.4. The highest BCUT2D eigenvalue weighted by Crippen LogP contribution is 2.11. The SMILES string of the molecule is Cc1c(F)[nH]c2nc(=S)n(C(C)C)cc2c1=O. The molecule has 17 heavy (non-hydrogen) atoms. The lowest BCUT2D eigenvalue weighted by atomic mass is 10.2. The van der Waals surface area contributed by atoms with E-state index in [2.05, 4.69) is 9.97 Å². The van der Waals surface area contributed by atoms with Gasteiger partial charge in [0.25, 0.3) is 0 Å². The van der Waals surface area contributed by atoms with Gasteiger partial charge < -0.3 is 9.55 Å². The Morgan fingerprint density at radius 3 is 2.76 bits per heavy atom. The number of nitrogens with one attached hydrogen (secondary N) is 1. The minimum Gasteiger partial charge on any atom is -0.320 e. The lowest BCUT2D eigenvalue weighted by Crippen LogP contribution is -2.15. The van der Waals surface area contributed by atoms with Crippen molar-refractivity contribution in [3.63, 3.8) is 0 Å². The molecule has 0 radical (unpaired) electrons. The number of halogens is 1. The van der Waals surface area contributed by atoms with Crippen LogP contribution in [0.5, 0.6) is 0 Å². The van der Waals surface area contributed by atoms with Gasteiger partial charge in [0.15, 0.2) is 11.4 Å². The zero-order valence-corrected chi connectivity index (χ0v) is 10.6. The van der Waals surface area contributed by atoms with Crippen LogP contribution in [-0.2, 0) is 0 Å². The van der Waals surface area contributed by atoms with Gasteiger partial charge in [-0.3, -0.25) is 4.79 Å². The third-order valence-corrected chi connectivity index (χ3v) is 2.95. The maximum absolute atomic E-state index is 13.4. The van der Waals surface area contributed by atoms with E-state index in [0.29, 0.717) is 10.2 Å². The van der Waals surface area contributed by atoms with Gasteiger partial charge in [0, 0.05) is 12.2 Å². The van der Waals surface area contributed by atoms with Gasteiger partial charge in [-0.25, -0.2) is 4.98 Å². The molecule has 0 unspecified atom stereocenters. The molecule has 0 aliphatic carbocycles. The molecule has 0 aromatic carbocycles. The van der Waals surface area contributed by atoms with Crippen LogP contribution in [0.4, 0.5) is 4.39 Å². The van der Waals surface area contributed by atoms with Gasteiger partial charge in [-0.15, -0.1) is 0 Å². The van der Waals surface area contributed by atoms with E-state index in [9.17, 15) is 9.18 Å². The molecule has 4 nitrogen and oxygen atoms in total. The molecular formula is C11H12FN3OS. The summed E-state index contributed by atoms with van der Waals surface area (Å²) in [4.78, 5) is 18.4. The Hall–Kier alpha value is -1.56. The molecule has 0 aliphatic rings. The van der Waals surface area contributed by atoms with E-state index in [1.54, 1.807) is 10.8 Å². The van der Waals surface area contributed by atoms with Crippen molar-refractivity contribution in [3.05, 3.63) is 32.7 Å². The number of aromatic nitrogens is 3. The van der Waals surface area contributed by atoms with E-state index >= 15 is 0 Å². The second kappa shape index (κ2) is 4.03. The standard InChI is InChI=1S/C11H12FN3OS/c1-5(2)15-4-7-8(16)6(3)9(12)13-10(7)14-11(15)17/h4-5H,1-3H3,(H,13,14,17). The lowest BCUT2D eigenvalue weighted by Gasteiger charge is -2.11. The van der Waals surface area contributed by atoms with Gasteiger partial charge in [-0.1, -0.05) is 0 Å². The summed E-state index contributed by atoms with van der Waals surface area (Å²) in [5, 5.41) is 0.353. The average Bonchev–Trinajstić information content (AvgIpc) is 2.25. The maximum Gasteiger partial charge on any atom is 0.201 e. The normalized spacial score (nSPS) is 11.4. The van der Waals surface area contributed by atoms with E-state index in [1.165, 1.54) is 6.92 Å². The summed E-state index contributed by atoms with van der Waals surface area (Å²) in [6, 6.07) is 0.101. The molecule has 0 aliphatic heterocycles. The predicted molar refractivity (Wildman–Crippen MR) is 66.3 cm³/mol. The Kier molecular flexibility index (Phi) is 2.82. The van der Waals surface area contributed by atoms with Crippen molar-refractivity contribution in [2.45, 2.75) is 26.8 Å². The third-order valence-electron chi connectivity index (χ3n) is 2.65. The second-order valence-corrected chi connectivity index (χ2v) is 4.55. The summed E-state index contributed by atoms with van der Waals surface area (Å²) >= 11 is 5.08. The van der Waals surface area contributed by atoms with Crippen molar-refractivity contribution in [2.24, 2.45) is 0 Å². The number of aromatic amines is 1. The first-order valence-electron chi connectivity index (χ1n) is 5.23. The summed E-state index contributed by atoms with van der Waals surface area (Å²) in [5.74, 6) is -0.660. The Labute approximate surface area is 102 Å². The summed E-state index contributed by atoms with van der Waals surface area (Å²) in [6.45, 7) is 5.32. The Bertz CT molecular complexity index is 702. The van der Waals surface area contributed by atoms with Crippen LogP contribution in [0, 0.1) is 17.6 Å². The van der Waals surface area contributed by atoms with Crippen molar-refractivity contribution < 1.29 is 4.39 Å². The van der Waals surface area contributed by atoms with E-state index in [0.717, 1.165) is 0 Å². The fourth-order valence-corrected chi connectivity index (χ4v) is 1.95. The summed E-state index contributed by atoms with van der Waals surface area (Å²) in [6.07, 6.45) is 1.63. The fraction of sp³-hybridized carbons (Fsp3) is 0.364. The zero-order valence-electron chi connectivity index (χ0n) is 9.74. The molecule has 0 saturated heterocycles. The molecule has 2 heterocycles. The molecule has 0 saturated carbocycles. The molecule has 90 valence electrons. The van der Waals surface area contributed by atoms with Crippen LogP contribution in [-0.4, -0.2) is 14.5 Å². The van der Waals surface area contributed by atoms with Gasteiger partial charge >= 0.3 is 0 Å². The lowest BCUT2D eigenvalue weighted by molar-refractivity contribution is 0.568. The topological polar surface area (TPSA) is 50.7 Å². The van der Waals surface area contributed by atoms with Crippen LogP contribution >= 0.6 is 12.2 Å². The quantitative estimate of drug-likeness (QED) is 0.627. The Balaban J connectivity index is 2.95. The number of nitrogens with zero attached hydrogens (tertiary/aromatic N) is 2. The number of H-pyrrole nitrogens is 1. The molecule has 2 aromatic rings. The molecule has 0 fully saturated rings. The maximum atomic E-state index is 13.4. The zero-order chi connectivity index (χ0) is 12.7. The highest BCUT2D eigenvalue weighted by Gasteiger charge is 2.11. The molecule has 0 bridgehead atoms. The fourth-order valence-electron chi connectivity index (χ4n) is 1.60. The van der Waals surface area contributed by atoms with Crippen molar-refractivity contribution in [2.75, 3.05) is 0 Å². The summed E-state index contributed by atoms with van der Waals surface area (Å²) in [7, 11) is 0. The Morgan fingerprint density at radius 1 is 1.53 bits per heavy atom. The van der Waals surface area contributed by atoms with Crippen LogP contribution in [0.2, 0.25) is 0 Å². The number of fused-ring (bicyclic) bond motifs is 1. The minimum absolute atomic E-state index is 0.0618. The van der Waals surface area contributed by atoms with Gasteiger partial charge in [-0.2, -0.15) is 4.39 Å². The molecule has 6 heteroatoms. The number of hydrogen-bond donors (Lipinski definition) is 1. The van der Waals surface area contributed by atoms with E-state index < -0.39 is 5.95 Å². The van der Waals surface area contributed by atoms with Crippen molar-refractivity contribution in [1.29, 1.82) is 0 Å². The van der Waals surface area contributed by atoms with Crippen LogP contribution in [0.15, 0.2) is 11.0 Å². The Morgan fingerprint density at radius 2 is 2.18 bits per heavy atom. The van der Waals surface area contributed by atoms with E-state index in [1.807, 2.05) is 13.8 Å². The van der Waals surface area contributed by atoms with Gasteiger partial charge in [0.1, 0.15) is 5.65 Å². The first-order valence-corrected chi connectivity index (χ1v) is 5.64. The van der Waals surface area contributed by atoms with Crippen molar-refractivity contribution in [1.82, 2.24) is 14.5 Å². The third kappa shape index (κ3) is 1.88.